The molecular formula is C9H13ClN2. The van der Waals surface area contributed by atoms with Crippen LogP contribution in [0, 0.1) is 0 Å². The van der Waals surface area contributed by atoms with E-state index in [1.807, 2.05) is 26.0 Å². The van der Waals surface area contributed by atoms with Gasteiger partial charge < -0.3 is 5.73 Å². The molecule has 2 N–H and O–H groups in total. The van der Waals surface area contributed by atoms with Crippen LogP contribution in [0.1, 0.15) is 19.4 Å². The van der Waals surface area contributed by atoms with Crippen molar-refractivity contribution in [1.82, 2.24) is 4.98 Å². The number of nitrogens with zero attached hydrogens (tertiary/aromatic N) is 1. The van der Waals surface area contributed by atoms with Crippen LogP contribution < -0.4 is 5.73 Å². The minimum absolute atomic E-state index is 0.229. The third-order valence-electron chi connectivity index (χ3n) is 1.48. The van der Waals surface area contributed by atoms with Crippen molar-refractivity contribution < 1.29 is 0 Å². The molecule has 2 nitrogen and oxygen atoms in total. The molecule has 1 aromatic heterocycles. The minimum atomic E-state index is -0.229. The molecule has 0 fully saturated rings. The third-order valence-corrected chi connectivity index (χ3v) is 1.82. The molecule has 3 heteroatoms. The van der Waals surface area contributed by atoms with E-state index in [1.54, 1.807) is 6.20 Å². The molecule has 1 aromatic rings. The standard InChI is InChI=1S/C9H13ClN2/c1-9(2,11)6-7-4-3-5-12-8(7)10/h3-5H,6,11H2,1-2H3. The molecule has 0 amide bonds. The molecule has 12 heavy (non-hydrogen) atoms. The Kier molecular flexibility index (Phi) is 2.70. The number of hydrogen-bond acceptors (Lipinski definition) is 2. The van der Waals surface area contributed by atoms with Gasteiger partial charge >= 0.3 is 0 Å². The number of pyridine rings is 1. The smallest absolute Gasteiger partial charge is 0.132 e. The van der Waals surface area contributed by atoms with Crippen LogP contribution in [0.4, 0.5) is 0 Å². The van der Waals surface area contributed by atoms with Crippen LogP contribution in [-0.2, 0) is 6.42 Å². The Labute approximate surface area is 77.8 Å². The van der Waals surface area contributed by atoms with Crippen molar-refractivity contribution in [2.24, 2.45) is 5.73 Å². The molecular weight excluding hydrogens is 172 g/mol. The molecule has 0 aromatic carbocycles. The molecule has 1 rings (SSSR count). The van der Waals surface area contributed by atoms with E-state index in [9.17, 15) is 0 Å². The summed E-state index contributed by atoms with van der Waals surface area (Å²) in [6.45, 7) is 3.94. The molecule has 0 atom stereocenters. The predicted molar refractivity (Wildman–Crippen MR) is 51.2 cm³/mol. The van der Waals surface area contributed by atoms with Gasteiger partial charge in [0, 0.05) is 11.7 Å². The summed E-state index contributed by atoms with van der Waals surface area (Å²) in [4.78, 5) is 3.97. The van der Waals surface area contributed by atoms with Gasteiger partial charge in [0.05, 0.1) is 0 Å². The molecule has 0 spiro atoms. The fourth-order valence-corrected chi connectivity index (χ4v) is 1.23. The molecule has 1 heterocycles. The third kappa shape index (κ3) is 2.80. The van der Waals surface area contributed by atoms with E-state index >= 15 is 0 Å². The second-order valence-corrected chi connectivity index (χ2v) is 3.98. The average molecular weight is 185 g/mol. The van der Waals surface area contributed by atoms with Crippen molar-refractivity contribution in [3.8, 4) is 0 Å². The maximum Gasteiger partial charge on any atom is 0.132 e. The lowest BCUT2D eigenvalue weighted by atomic mass is 9.97. The summed E-state index contributed by atoms with van der Waals surface area (Å²) < 4.78 is 0. The first-order valence-electron chi connectivity index (χ1n) is 3.87. The van der Waals surface area contributed by atoms with Crippen molar-refractivity contribution >= 4 is 11.6 Å². The lowest BCUT2D eigenvalue weighted by molar-refractivity contribution is 0.516. The predicted octanol–water partition coefficient (Wildman–Crippen LogP) is 2.01. The highest BCUT2D eigenvalue weighted by Crippen LogP contribution is 2.16. The molecule has 0 unspecified atom stereocenters. The van der Waals surface area contributed by atoms with E-state index in [0.717, 1.165) is 12.0 Å². The first kappa shape index (κ1) is 9.49. The SMILES string of the molecule is CC(C)(N)Cc1cccnc1Cl. The summed E-state index contributed by atoms with van der Waals surface area (Å²) in [5.74, 6) is 0. The second kappa shape index (κ2) is 3.42. The zero-order valence-corrected chi connectivity index (χ0v) is 8.10. The highest BCUT2D eigenvalue weighted by Gasteiger charge is 2.13. The summed E-state index contributed by atoms with van der Waals surface area (Å²) in [6.07, 6.45) is 2.43. The van der Waals surface area contributed by atoms with Crippen LogP contribution in [0.3, 0.4) is 0 Å². The van der Waals surface area contributed by atoms with Gasteiger partial charge in [0.25, 0.3) is 0 Å². The second-order valence-electron chi connectivity index (χ2n) is 3.62. The van der Waals surface area contributed by atoms with E-state index in [0.29, 0.717) is 5.15 Å². The fraction of sp³-hybridized carbons (Fsp3) is 0.444. The van der Waals surface area contributed by atoms with Gasteiger partial charge in [-0.25, -0.2) is 4.98 Å². The Hall–Kier alpha value is -0.600. The van der Waals surface area contributed by atoms with Crippen LogP contribution in [0.5, 0.6) is 0 Å². The first-order chi connectivity index (χ1) is 5.49. The Morgan fingerprint density at radius 3 is 2.75 bits per heavy atom. The summed E-state index contributed by atoms with van der Waals surface area (Å²) in [7, 11) is 0. The lowest BCUT2D eigenvalue weighted by Gasteiger charge is -2.18. The van der Waals surface area contributed by atoms with Crippen molar-refractivity contribution in [3.63, 3.8) is 0 Å². The van der Waals surface area contributed by atoms with Gasteiger partial charge in [0.2, 0.25) is 0 Å². The van der Waals surface area contributed by atoms with E-state index in [2.05, 4.69) is 4.98 Å². The summed E-state index contributed by atoms with van der Waals surface area (Å²) in [6, 6.07) is 3.82. The van der Waals surface area contributed by atoms with Gasteiger partial charge in [-0.15, -0.1) is 0 Å². The first-order valence-corrected chi connectivity index (χ1v) is 4.25. The van der Waals surface area contributed by atoms with Crippen LogP contribution in [0.15, 0.2) is 18.3 Å². The number of nitrogens with two attached hydrogens (primary N) is 1. The normalized spacial score (nSPS) is 11.7. The number of rotatable bonds is 2. The number of hydrogen-bond donors (Lipinski definition) is 1. The maximum atomic E-state index is 5.86. The average Bonchev–Trinajstić information content (AvgIpc) is 1.91. The van der Waals surface area contributed by atoms with Crippen LogP contribution >= 0.6 is 11.6 Å². The van der Waals surface area contributed by atoms with E-state index in [-0.39, 0.29) is 5.54 Å². The van der Waals surface area contributed by atoms with E-state index in [1.165, 1.54) is 0 Å². The molecule has 0 radical (unpaired) electrons. The van der Waals surface area contributed by atoms with Crippen LogP contribution in [-0.4, -0.2) is 10.5 Å². The van der Waals surface area contributed by atoms with E-state index < -0.39 is 0 Å². The Balaban J connectivity index is 2.83. The van der Waals surface area contributed by atoms with Gasteiger partial charge in [-0.2, -0.15) is 0 Å². The van der Waals surface area contributed by atoms with Crippen LogP contribution in [0.2, 0.25) is 5.15 Å². The Bertz CT molecular complexity index is 265. The molecule has 0 saturated carbocycles. The topological polar surface area (TPSA) is 38.9 Å². The molecule has 0 aliphatic rings. The van der Waals surface area contributed by atoms with Gasteiger partial charge in [0.15, 0.2) is 0 Å². The van der Waals surface area contributed by atoms with Gasteiger partial charge in [-0.1, -0.05) is 17.7 Å². The minimum Gasteiger partial charge on any atom is -0.325 e. The zero-order valence-electron chi connectivity index (χ0n) is 7.34. The van der Waals surface area contributed by atoms with Gasteiger partial charge in [-0.05, 0) is 31.9 Å². The number of halogens is 1. The van der Waals surface area contributed by atoms with E-state index in [4.69, 9.17) is 17.3 Å². The summed E-state index contributed by atoms with van der Waals surface area (Å²) >= 11 is 5.86. The molecule has 0 aliphatic heterocycles. The summed E-state index contributed by atoms with van der Waals surface area (Å²) in [5.41, 5.74) is 6.63. The van der Waals surface area contributed by atoms with Gasteiger partial charge in [-0.3, -0.25) is 0 Å². The molecule has 0 aliphatic carbocycles. The van der Waals surface area contributed by atoms with Gasteiger partial charge in [0.1, 0.15) is 5.15 Å². The highest BCUT2D eigenvalue weighted by atomic mass is 35.5. The quantitative estimate of drug-likeness (QED) is 0.715. The monoisotopic (exact) mass is 184 g/mol. The van der Waals surface area contributed by atoms with Crippen molar-refractivity contribution in [2.75, 3.05) is 0 Å². The largest absolute Gasteiger partial charge is 0.325 e. The van der Waals surface area contributed by atoms with Crippen molar-refractivity contribution in [2.45, 2.75) is 25.8 Å². The molecule has 66 valence electrons. The lowest BCUT2D eigenvalue weighted by Crippen LogP contribution is -2.34. The molecule has 0 bridgehead atoms. The van der Waals surface area contributed by atoms with Crippen LogP contribution in [0.25, 0.3) is 0 Å². The number of aromatic nitrogens is 1. The Morgan fingerprint density at radius 2 is 2.25 bits per heavy atom. The van der Waals surface area contributed by atoms with Crippen molar-refractivity contribution in [3.05, 3.63) is 29.0 Å². The van der Waals surface area contributed by atoms with Crippen molar-refractivity contribution in [1.29, 1.82) is 0 Å². The Morgan fingerprint density at radius 1 is 1.58 bits per heavy atom. The highest BCUT2D eigenvalue weighted by molar-refractivity contribution is 6.30. The molecule has 0 saturated heterocycles. The fourth-order valence-electron chi connectivity index (χ4n) is 1.04. The maximum absolute atomic E-state index is 5.86. The summed E-state index contributed by atoms with van der Waals surface area (Å²) in [5, 5.41) is 0.552. The zero-order chi connectivity index (χ0) is 9.19.